The van der Waals surface area contributed by atoms with Crippen LogP contribution < -0.4 is 5.32 Å². The lowest BCUT2D eigenvalue weighted by Crippen LogP contribution is -2.29. The Morgan fingerprint density at radius 3 is 3.00 bits per heavy atom. The maximum atomic E-state index is 10.3. The molecule has 0 saturated carbocycles. The van der Waals surface area contributed by atoms with Crippen LogP contribution in [0.4, 0.5) is 5.69 Å². The summed E-state index contributed by atoms with van der Waals surface area (Å²) < 4.78 is 0. The third-order valence-electron chi connectivity index (χ3n) is 2.54. The van der Waals surface area contributed by atoms with Crippen molar-refractivity contribution in [2.24, 2.45) is 10.1 Å². The topological polar surface area (TPSA) is 83.1 Å². The number of aryl methyl sites for hydroxylation is 1. The predicted octanol–water partition coefficient (Wildman–Crippen LogP) is 1.11. The van der Waals surface area contributed by atoms with Crippen LogP contribution >= 0.6 is 0 Å². The molecule has 1 heterocycles. The minimum Gasteiger partial charge on any atom is -0.349 e. The summed E-state index contributed by atoms with van der Waals surface area (Å²) in [6, 6.07) is 7.68. The Kier molecular flexibility index (Phi) is 3.52. The van der Waals surface area contributed by atoms with E-state index in [1.807, 2.05) is 31.2 Å². The van der Waals surface area contributed by atoms with Gasteiger partial charge in [0, 0.05) is 13.1 Å². The number of benzene rings is 1. The van der Waals surface area contributed by atoms with Gasteiger partial charge < -0.3 is 5.32 Å². The first-order valence-electron chi connectivity index (χ1n) is 5.50. The second-order valence-electron chi connectivity index (χ2n) is 3.81. The number of nitrogens with one attached hydrogen (secondary N) is 1. The molecule has 1 aromatic carbocycles. The van der Waals surface area contributed by atoms with Gasteiger partial charge in [0.05, 0.1) is 12.0 Å². The first-order chi connectivity index (χ1) is 8.66. The van der Waals surface area contributed by atoms with Gasteiger partial charge in [-0.2, -0.15) is 0 Å². The number of para-hydroxylation sites is 1. The molecule has 7 nitrogen and oxygen atoms in total. The lowest BCUT2D eigenvalue weighted by atomic mass is 10.2. The van der Waals surface area contributed by atoms with Gasteiger partial charge in [0.25, 0.3) is 5.96 Å². The first-order valence-corrected chi connectivity index (χ1v) is 5.50. The summed E-state index contributed by atoms with van der Waals surface area (Å²) in [5.41, 5.74) is 1.89. The van der Waals surface area contributed by atoms with Crippen molar-refractivity contribution in [3.05, 3.63) is 39.9 Å². The van der Waals surface area contributed by atoms with E-state index in [-0.39, 0.29) is 5.96 Å². The molecule has 18 heavy (non-hydrogen) atoms. The SMILES string of the molecule is Cc1ccccc1N=CN1CCN/C1=N/[N+](=O)[O-]. The average Bonchev–Trinajstić information content (AvgIpc) is 2.75. The third-order valence-corrected chi connectivity index (χ3v) is 2.54. The second-order valence-corrected chi connectivity index (χ2v) is 3.81. The zero-order valence-electron chi connectivity index (χ0n) is 9.91. The Bertz CT molecular complexity index is 512. The number of guanidine groups is 1. The van der Waals surface area contributed by atoms with E-state index in [2.05, 4.69) is 15.4 Å². The molecular weight excluding hydrogens is 234 g/mol. The summed E-state index contributed by atoms with van der Waals surface area (Å²) in [6.45, 7) is 3.19. The Hall–Kier alpha value is -2.44. The fourth-order valence-electron chi connectivity index (χ4n) is 1.62. The van der Waals surface area contributed by atoms with Crippen molar-refractivity contribution < 1.29 is 5.03 Å². The van der Waals surface area contributed by atoms with E-state index in [0.717, 1.165) is 11.3 Å². The van der Waals surface area contributed by atoms with Crippen LogP contribution in [0.25, 0.3) is 0 Å². The molecule has 1 saturated heterocycles. The van der Waals surface area contributed by atoms with E-state index in [9.17, 15) is 10.1 Å². The van der Waals surface area contributed by atoms with Crippen molar-refractivity contribution in [1.82, 2.24) is 10.2 Å². The minimum atomic E-state index is -0.720. The van der Waals surface area contributed by atoms with E-state index in [1.165, 1.54) is 0 Å². The number of hydrogen-bond acceptors (Lipinski definition) is 3. The number of hydrazone groups is 1. The normalized spacial score (nSPS) is 17.4. The molecule has 0 aromatic heterocycles. The fraction of sp³-hybridized carbons (Fsp3) is 0.273. The molecule has 7 heteroatoms. The molecule has 0 bridgehead atoms. The number of aliphatic imine (C=N–C) groups is 1. The van der Waals surface area contributed by atoms with E-state index in [4.69, 9.17) is 0 Å². The first kappa shape index (κ1) is 12.0. The highest BCUT2D eigenvalue weighted by molar-refractivity contribution is 5.92. The molecule has 1 fully saturated rings. The van der Waals surface area contributed by atoms with Gasteiger partial charge in [-0.05, 0) is 18.6 Å². The van der Waals surface area contributed by atoms with Gasteiger partial charge >= 0.3 is 0 Å². The molecule has 0 unspecified atom stereocenters. The van der Waals surface area contributed by atoms with Crippen molar-refractivity contribution in [2.45, 2.75) is 6.92 Å². The zero-order valence-corrected chi connectivity index (χ0v) is 9.91. The molecular formula is C11H13N5O2. The third kappa shape index (κ3) is 2.82. The van der Waals surface area contributed by atoms with Gasteiger partial charge in [-0.25, -0.2) is 15.1 Å². The maximum absolute atomic E-state index is 10.3. The summed E-state index contributed by atoms with van der Waals surface area (Å²) >= 11 is 0. The Morgan fingerprint density at radius 2 is 2.28 bits per heavy atom. The summed E-state index contributed by atoms with van der Waals surface area (Å²) in [5, 5.41) is 15.7. The summed E-state index contributed by atoms with van der Waals surface area (Å²) in [6.07, 6.45) is 1.56. The monoisotopic (exact) mass is 247 g/mol. The molecule has 0 atom stereocenters. The smallest absolute Gasteiger partial charge is 0.276 e. The number of rotatable bonds is 3. The lowest BCUT2D eigenvalue weighted by molar-refractivity contribution is -0.485. The number of nitro groups is 1. The quantitative estimate of drug-likeness (QED) is 0.375. The van der Waals surface area contributed by atoms with Crippen LogP contribution in [0.3, 0.4) is 0 Å². The second kappa shape index (κ2) is 5.26. The van der Waals surface area contributed by atoms with Crippen molar-refractivity contribution in [2.75, 3.05) is 13.1 Å². The molecule has 0 spiro atoms. The minimum absolute atomic E-state index is 0.220. The summed E-state index contributed by atoms with van der Waals surface area (Å²) in [7, 11) is 0. The highest BCUT2D eigenvalue weighted by atomic mass is 16.7. The van der Waals surface area contributed by atoms with Gasteiger partial charge in [-0.3, -0.25) is 4.90 Å². The predicted molar refractivity (Wildman–Crippen MR) is 68.5 cm³/mol. The number of hydrogen-bond donors (Lipinski definition) is 1. The fourth-order valence-corrected chi connectivity index (χ4v) is 1.62. The van der Waals surface area contributed by atoms with E-state index in [1.54, 1.807) is 11.2 Å². The standard InChI is InChI=1S/C11H13N5O2/c1-9-4-2-3-5-10(9)13-8-15-7-6-12-11(15)14-16(17)18/h2-5,8H,6-7H2,1H3,(H,12,14). The van der Waals surface area contributed by atoms with Crippen LogP contribution in [0.2, 0.25) is 0 Å². The molecule has 94 valence electrons. The zero-order chi connectivity index (χ0) is 13.0. The highest BCUT2D eigenvalue weighted by Crippen LogP contribution is 2.16. The summed E-state index contributed by atoms with van der Waals surface area (Å²) in [4.78, 5) is 16.3. The Balaban J connectivity index is 2.14. The lowest BCUT2D eigenvalue weighted by Gasteiger charge is -2.08. The highest BCUT2D eigenvalue weighted by Gasteiger charge is 2.19. The molecule has 1 aromatic rings. The van der Waals surface area contributed by atoms with Gasteiger partial charge in [0.2, 0.25) is 0 Å². The molecule has 0 amide bonds. The van der Waals surface area contributed by atoms with E-state index in [0.29, 0.717) is 13.1 Å². The molecule has 1 aliphatic heterocycles. The van der Waals surface area contributed by atoms with Gasteiger partial charge in [0.1, 0.15) is 5.10 Å². The largest absolute Gasteiger partial charge is 0.349 e. The average molecular weight is 247 g/mol. The Morgan fingerprint density at radius 1 is 1.50 bits per heavy atom. The molecule has 1 aliphatic rings. The van der Waals surface area contributed by atoms with Gasteiger partial charge in [0.15, 0.2) is 5.03 Å². The van der Waals surface area contributed by atoms with Gasteiger partial charge in [-0.15, -0.1) is 0 Å². The molecule has 0 radical (unpaired) electrons. The van der Waals surface area contributed by atoms with Crippen molar-refractivity contribution in [3.63, 3.8) is 0 Å². The molecule has 1 N–H and O–H groups in total. The Labute approximate surface area is 104 Å². The van der Waals surface area contributed by atoms with Crippen LogP contribution in [0, 0.1) is 17.0 Å². The maximum Gasteiger partial charge on any atom is 0.276 e. The van der Waals surface area contributed by atoms with Crippen LogP contribution in [0.1, 0.15) is 5.56 Å². The number of nitrogens with zero attached hydrogens (tertiary/aromatic N) is 4. The van der Waals surface area contributed by atoms with Crippen LogP contribution in [-0.2, 0) is 0 Å². The molecule has 0 aliphatic carbocycles. The van der Waals surface area contributed by atoms with Crippen LogP contribution in [0.15, 0.2) is 34.4 Å². The van der Waals surface area contributed by atoms with E-state index >= 15 is 0 Å². The van der Waals surface area contributed by atoms with Crippen molar-refractivity contribution in [1.29, 1.82) is 0 Å². The molecule has 2 rings (SSSR count). The van der Waals surface area contributed by atoms with Crippen molar-refractivity contribution >= 4 is 18.0 Å². The van der Waals surface area contributed by atoms with E-state index < -0.39 is 5.03 Å². The van der Waals surface area contributed by atoms with Crippen molar-refractivity contribution in [3.8, 4) is 0 Å². The van der Waals surface area contributed by atoms with Crippen LogP contribution in [0.5, 0.6) is 0 Å². The summed E-state index contributed by atoms with van der Waals surface area (Å²) in [5.74, 6) is 0.220. The van der Waals surface area contributed by atoms with Crippen LogP contribution in [-0.4, -0.2) is 35.3 Å². The van der Waals surface area contributed by atoms with Gasteiger partial charge in [-0.1, -0.05) is 18.2 Å².